The van der Waals surface area contributed by atoms with Crippen molar-refractivity contribution in [3.63, 3.8) is 0 Å². The van der Waals surface area contributed by atoms with Gasteiger partial charge in [0.2, 0.25) is 0 Å². The largest absolute Gasteiger partial charge is 0.480 e. The molecule has 2 rings (SSSR count). The lowest BCUT2D eigenvalue weighted by atomic mass is 10.2. The molecule has 18 heavy (non-hydrogen) atoms. The highest BCUT2D eigenvalue weighted by molar-refractivity contribution is 9.10. The van der Waals surface area contributed by atoms with Gasteiger partial charge in [-0.3, -0.25) is 4.79 Å². The second kappa shape index (κ2) is 5.14. The summed E-state index contributed by atoms with van der Waals surface area (Å²) in [4.78, 5) is 24.9. The van der Waals surface area contributed by atoms with Gasteiger partial charge in [-0.2, -0.15) is 0 Å². The number of hydrogen-bond donors (Lipinski definition) is 1. The summed E-state index contributed by atoms with van der Waals surface area (Å²) < 4.78 is 2.66. The Morgan fingerprint density at radius 1 is 1.56 bits per heavy atom. The molecule has 1 saturated heterocycles. The van der Waals surface area contributed by atoms with Crippen LogP contribution in [-0.2, 0) is 11.3 Å². The van der Waals surface area contributed by atoms with E-state index in [0.717, 1.165) is 10.9 Å². The van der Waals surface area contributed by atoms with Crippen LogP contribution >= 0.6 is 15.9 Å². The number of carbonyl (C=O) groups excluding carboxylic acids is 1. The van der Waals surface area contributed by atoms with Gasteiger partial charge >= 0.3 is 5.97 Å². The molecule has 1 atom stereocenters. The van der Waals surface area contributed by atoms with E-state index in [0.29, 0.717) is 25.2 Å². The summed E-state index contributed by atoms with van der Waals surface area (Å²) in [6.07, 6.45) is 3.12. The Balaban J connectivity index is 2.27. The molecule has 6 heteroatoms. The van der Waals surface area contributed by atoms with Crippen molar-refractivity contribution < 1.29 is 14.7 Å². The first-order chi connectivity index (χ1) is 8.54. The second-order valence-corrected chi connectivity index (χ2v) is 5.24. The van der Waals surface area contributed by atoms with Gasteiger partial charge in [0.05, 0.1) is 0 Å². The summed E-state index contributed by atoms with van der Waals surface area (Å²) in [6, 6.07) is 1.06. The van der Waals surface area contributed by atoms with Gasteiger partial charge in [-0.25, -0.2) is 4.79 Å². The second-order valence-electron chi connectivity index (χ2n) is 4.32. The fourth-order valence-corrected chi connectivity index (χ4v) is 2.79. The van der Waals surface area contributed by atoms with Gasteiger partial charge in [-0.05, 0) is 41.8 Å². The van der Waals surface area contributed by atoms with E-state index in [1.807, 2.05) is 17.7 Å². The first-order valence-electron chi connectivity index (χ1n) is 5.94. The quantitative estimate of drug-likeness (QED) is 0.927. The average Bonchev–Trinajstić information content (AvgIpc) is 2.93. The molecule has 2 heterocycles. The van der Waals surface area contributed by atoms with Crippen LogP contribution in [0.3, 0.4) is 0 Å². The van der Waals surface area contributed by atoms with E-state index >= 15 is 0 Å². The van der Waals surface area contributed by atoms with Crippen LogP contribution in [0.15, 0.2) is 16.7 Å². The van der Waals surface area contributed by atoms with Crippen molar-refractivity contribution in [3.05, 3.63) is 22.4 Å². The molecule has 0 saturated carbocycles. The van der Waals surface area contributed by atoms with Crippen LogP contribution in [0.4, 0.5) is 0 Å². The van der Waals surface area contributed by atoms with Crippen LogP contribution in [0.1, 0.15) is 30.3 Å². The smallest absolute Gasteiger partial charge is 0.326 e. The van der Waals surface area contributed by atoms with Gasteiger partial charge < -0.3 is 14.6 Å². The van der Waals surface area contributed by atoms with E-state index in [-0.39, 0.29) is 5.91 Å². The van der Waals surface area contributed by atoms with Crippen molar-refractivity contribution in [2.45, 2.75) is 32.4 Å². The highest BCUT2D eigenvalue weighted by Crippen LogP contribution is 2.23. The molecule has 5 nitrogen and oxygen atoms in total. The zero-order chi connectivity index (χ0) is 13.3. The Hall–Kier alpha value is -1.30. The summed E-state index contributed by atoms with van der Waals surface area (Å²) in [5, 5.41) is 9.10. The molecular formula is C12H15BrN2O3. The summed E-state index contributed by atoms with van der Waals surface area (Å²) in [6.45, 7) is 3.14. The number of carboxylic acids is 1. The van der Waals surface area contributed by atoms with Crippen molar-refractivity contribution in [1.82, 2.24) is 9.47 Å². The SMILES string of the molecule is CCn1cc(Br)cc1C(=O)N1CCC[C@@H]1C(=O)O. The fourth-order valence-electron chi connectivity index (χ4n) is 2.33. The number of aliphatic carboxylic acids is 1. The molecule has 98 valence electrons. The number of carbonyl (C=O) groups is 2. The topological polar surface area (TPSA) is 62.5 Å². The normalized spacial score (nSPS) is 19.2. The van der Waals surface area contributed by atoms with Crippen LogP contribution in [0.5, 0.6) is 0 Å². The van der Waals surface area contributed by atoms with Crippen LogP contribution in [-0.4, -0.2) is 39.0 Å². The number of halogens is 1. The van der Waals surface area contributed by atoms with Crippen molar-refractivity contribution in [1.29, 1.82) is 0 Å². The van der Waals surface area contributed by atoms with Gasteiger partial charge in [0, 0.05) is 23.8 Å². The molecule has 0 aliphatic carbocycles. The van der Waals surface area contributed by atoms with Crippen molar-refractivity contribution in [2.75, 3.05) is 6.54 Å². The van der Waals surface area contributed by atoms with E-state index < -0.39 is 12.0 Å². The van der Waals surface area contributed by atoms with E-state index in [9.17, 15) is 9.59 Å². The molecule has 1 amide bonds. The molecule has 0 radical (unpaired) electrons. The Kier molecular flexibility index (Phi) is 3.75. The van der Waals surface area contributed by atoms with Crippen LogP contribution in [0.25, 0.3) is 0 Å². The highest BCUT2D eigenvalue weighted by Gasteiger charge is 2.35. The minimum Gasteiger partial charge on any atom is -0.480 e. The standard InChI is InChI=1S/C12H15BrN2O3/c1-2-14-7-8(13)6-10(14)11(16)15-5-3-4-9(15)12(17)18/h6-7,9H,2-5H2,1H3,(H,17,18)/t9-/m1/s1. The summed E-state index contributed by atoms with van der Waals surface area (Å²) in [5.41, 5.74) is 0.539. The molecule has 1 aromatic heterocycles. The van der Waals surface area contributed by atoms with Crippen LogP contribution < -0.4 is 0 Å². The van der Waals surface area contributed by atoms with E-state index in [4.69, 9.17) is 5.11 Å². The Labute approximate surface area is 114 Å². The lowest BCUT2D eigenvalue weighted by Gasteiger charge is -2.21. The van der Waals surface area contributed by atoms with Crippen molar-refractivity contribution in [2.24, 2.45) is 0 Å². The first kappa shape index (κ1) is 13.1. The highest BCUT2D eigenvalue weighted by atomic mass is 79.9. The van der Waals surface area contributed by atoms with Gasteiger partial charge in [0.15, 0.2) is 0 Å². The Bertz CT molecular complexity index is 484. The van der Waals surface area contributed by atoms with Crippen LogP contribution in [0, 0.1) is 0 Å². The third-order valence-electron chi connectivity index (χ3n) is 3.22. The summed E-state index contributed by atoms with van der Waals surface area (Å²) in [7, 11) is 0. The maximum Gasteiger partial charge on any atom is 0.326 e. The number of hydrogen-bond acceptors (Lipinski definition) is 2. The molecule has 1 aliphatic heterocycles. The molecule has 1 N–H and O–H groups in total. The number of carboxylic acid groups (broad SMARTS) is 1. The molecule has 0 spiro atoms. The monoisotopic (exact) mass is 314 g/mol. The van der Waals surface area contributed by atoms with Gasteiger partial charge in [-0.1, -0.05) is 0 Å². The maximum atomic E-state index is 12.4. The lowest BCUT2D eigenvalue weighted by Crippen LogP contribution is -2.41. The number of nitrogens with zero attached hydrogens (tertiary/aromatic N) is 2. The zero-order valence-corrected chi connectivity index (χ0v) is 11.7. The number of amides is 1. The van der Waals surface area contributed by atoms with Crippen molar-refractivity contribution in [3.8, 4) is 0 Å². The molecule has 1 fully saturated rings. The molecule has 0 aromatic carbocycles. The van der Waals surface area contributed by atoms with Gasteiger partial charge in [0.25, 0.3) is 5.91 Å². The third-order valence-corrected chi connectivity index (χ3v) is 3.66. The molecule has 0 unspecified atom stereocenters. The Morgan fingerprint density at radius 2 is 2.28 bits per heavy atom. The molecule has 0 bridgehead atoms. The first-order valence-corrected chi connectivity index (χ1v) is 6.73. The number of aryl methyl sites for hydroxylation is 1. The predicted molar refractivity (Wildman–Crippen MR) is 69.5 cm³/mol. The minimum atomic E-state index is -0.922. The zero-order valence-electron chi connectivity index (χ0n) is 10.1. The lowest BCUT2D eigenvalue weighted by molar-refractivity contribution is -0.141. The number of likely N-dealkylation sites (tertiary alicyclic amines) is 1. The summed E-state index contributed by atoms with van der Waals surface area (Å²) >= 11 is 3.34. The summed E-state index contributed by atoms with van der Waals surface area (Å²) in [5.74, 6) is -1.12. The molecule has 1 aliphatic rings. The molecular weight excluding hydrogens is 300 g/mol. The minimum absolute atomic E-state index is 0.201. The number of aromatic nitrogens is 1. The van der Waals surface area contributed by atoms with Crippen molar-refractivity contribution >= 4 is 27.8 Å². The number of rotatable bonds is 3. The Morgan fingerprint density at radius 3 is 2.89 bits per heavy atom. The fraction of sp³-hybridized carbons (Fsp3) is 0.500. The predicted octanol–water partition coefficient (Wildman–Crippen LogP) is 1.96. The van der Waals surface area contributed by atoms with E-state index in [1.165, 1.54) is 4.90 Å². The molecule has 1 aromatic rings. The average molecular weight is 315 g/mol. The van der Waals surface area contributed by atoms with Gasteiger partial charge in [0.1, 0.15) is 11.7 Å². The third kappa shape index (κ3) is 2.29. The van der Waals surface area contributed by atoms with E-state index in [1.54, 1.807) is 6.07 Å². The van der Waals surface area contributed by atoms with E-state index in [2.05, 4.69) is 15.9 Å². The van der Waals surface area contributed by atoms with Gasteiger partial charge in [-0.15, -0.1) is 0 Å². The van der Waals surface area contributed by atoms with Crippen LogP contribution in [0.2, 0.25) is 0 Å². The maximum absolute atomic E-state index is 12.4.